The van der Waals surface area contributed by atoms with Crippen LogP contribution in [0.25, 0.3) is 0 Å². The number of ether oxygens (including phenoxy) is 1. The van der Waals surface area contributed by atoms with Crippen molar-refractivity contribution in [3.05, 3.63) is 41.5 Å². The topological polar surface area (TPSA) is 84.6 Å². The van der Waals surface area contributed by atoms with Crippen molar-refractivity contribution in [1.29, 1.82) is 0 Å². The normalized spacial score (nSPS) is 20.0. The van der Waals surface area contributed by atoms with E-state index < -0.39 is 0 Å². The zero-order valence-electron chi connectivity index (χ0n) is 18.9. The molecule has 0 saturated heterocycles. The number of aromatic nitrogens is 2. The summed E-state index contributed by atoms with van der Waals surface area (Å²) in [4.78, 5) is 9.22. The van der Waals surface area contributed by atoms with E-state index in [1.807, 2.05) is 6.07 Å². The van der Waals surface area contributed by atoms with Crippen LogP contribution in [0.2, 0.25) is 0 Å². The standard InChI is InChI=1S/C23H33N5O2.HI/c1-5-24-21(25-15-19-27-20(30-28-19)22(2,3)4)26-17-14-23(12-8-9-13-23)29-18-11-7-6-10-16(17)18;/h6-7,10-11,17H,5,8-9,12-15H2,1-4H3,(H2,24,25,26);1H. The maximum atomic E-state index is 6.48. The van der Waals surface area contributed by atoms with E-state index in [0.717, 1.165) is 37.5 Å². The molecule has 7 nitrogen and oxygen atoms in total. The molecule has 2 aromatic rings. The zero-order valence-corrected chi connectivity index (χ0v) is 21.2. The van der Waals surface area contributed by atoms with Gasteiger partial charge in [0.05, 0.1) is 6.04 Å². The summed E-state index contributed by atoms with van der Waals surface area (Å²) in [6.45, 7) is 9.38. The number of aliphatic imine (C=N–C) groups is 1. The first-order valence-electron chi connectivity index (χ1n) is 11.0. The summed E-state index contributed by atoms with van der Waals surface area (Å²) in [6.07, 6.45) is 5.65. The molecule has 2 aliphatic rings. The average Bonchev–Trinajstić information content (AvgIpc) is 3.36. The fourth-order valence-electron chi connectivity index (χ4n) is 4.33. The Hall–Kier alpha value is -1.84. The van der Waals surface area contributed by atoms with E-state index in [4.69, 9.17) is 14.3 Å². The van der Waals surface area contributed by atoms with E-state index in [9.17, 15) is 0 Å². The van der Waals surface area contributed by atoms with Crippen molar-refractivity contribution in [2.75, 3.05) is 6.54 Å². The van der Waals surface area contributed by atoms with E-state index in [1.54, 1.807) is 0 Å². The predicted octanol–water partition coefficient (Wildman–Crippen LogP) is 4.88. The van der Waals surface area contributed by atoms with Gasteiger partial charge in [0.15, 0.2) is 11.8 Å². The van der Waals surface area contributed by atoms with Gasteiger partial charge < -0.3 is 19.9 Å². The second-order valence-corrected chi connectivity index (χ2v) is 9.39. The molecule has 0 radical (unpaired) electrons. The number of rotatable bonds is 4. The monoisotopic (exact) mass is 539 g/mol. The molecule has 1 aliphatic heterocycles. The van der Waals surface area contributed by atoms with Crippen LogP contribution in [-0.4, -0.2) is 28.2 Å². The quantitative estimate of drug-likeness (QED) is 0.328. The van der Waals surface area contributed by atoms with E-state index in [1.165, 1.54) is 18.4 Å². The van der Waals surface area contributed by atoms with Gasteiger partial charge in [-0.2, -0.15) is 4.98 Å². The highest BCUT2D eigenvalue weighted by molar-refractivity contribution is 14.0. The second-order valence-electron chi connectivity index (χ2n) is 9.39. The summed E-state index contributed by atoms with van der Waals surface area (Å²) < 4.78 is 11.9. The number of guanidine groups is 1. The number of hydrogen-bond donors (Lipinski definition) is 2. The van der Waals surface area contributed by atoms with Crippen LogP contribution in [0.4, 0.5) is 0 Å². The summed E-state index contributed by atoms with van der Waals surface area (Å²) in [5, 5.41) is 11.1. The van der Waals surface area contributed by atoms with Crippen LogP contribution in [0.15, 0.2) is 33.8 Å². The number of fused-ring (bicyclic) bond motifs is 1. The van der Waals surface area contributed by atoms with Gasteiger partial charge in [-0.05, 0) is 38.7 Å². The Morgan fingerprint density at radius 3 is 2.65 bits per heavy atom. The minimum Gasteiger partial charge on any atom is -0.487 e. The molecule has 1 aromatic heterocycles. The highest BCUT2D eigenvalue weighted by Gasteiger charge is 2.43. The van der Waals surface area contributed by atoms with Gasteiger partial charge in [0.2, 0.25) is 5.89 Å². The molecule has 2 N–H and O–H groups in total. The third-order valence-corrected chi connectivity index (χ3v) is 5.86. The van der Waals surface area contributed by atoms with Gasteiger partial charge in [0, 0.05) is 23.9 Å². The summed E-state index contributed by atoms with van der Waals surface area (Å²) in [6, 6.07) is 8.50. The Bertz CT molecular complexity index is 899. The van der Waals surface area contributed by atoms with Crippen LogP contribution in [0, 0.1) is 0 Å². The third-order valence-electron chi connectivity index (χ3n) is 5.86. The van der Waals surface area contributed by atoms with Gasteiger partial charge >= 0.3 is 0 Å². The lowest BCUT2D eigenvalue weighted by Crippen LogP contribution is -2.46. The molecular formula is C23H34IN5O2. The lowest BCUT2D eigenvalue weighted by atomic mass is 9.86. The van der Waals surface area contributed by atoms with Crippen LogP contribution in [-0.2, 0) is 12.0 Å². The SMILES string of the molecule is CCNC(=NCc1noc(C(C)(C)C)n1)NC1CC2(CCCC2)Oc2ccccc21.I. The second kappa shape index (κ2) is 9.75. The van der Waals surface area contributed by atoms with Crippen LogP contribution < -0.4 is 15.4 Å². The highest BCUT2D eigenvalue weighted by Crippen LogP contribution is 2.46. The molecule has 31 heavy (non-hydrogen) atoms. The molecule has 1 aromatic carbocycles. The number of halogens is 1. The first-order valence-corrected chi connectivity index (χ1v) is 11.0. The van der Waals surface area contributed by atoms with Crippen LogP contribution in [0.5, 0.6) is 5.75 Å². The molecule has 170 valence electrons. The number of benzene rings is 1. The van der Waals surface area contributed by atoms with Crippen molar-refractivity contribution in [2.24, 2.45) is 4.99 Å². The number of para-hydroxylation sites is 1. The van der Waals surface area contributed by atoms with Crippen molar-refractivity contribution < 1.29 is 9.26 Å². The molecule has 1 saturated carbocycles. The van der Waals surface area contributed by atoms with Crippen molar-refractivity contribution in [3.8, 4) is 5.75 Å². The van der Waals surface area contributed by atoms with Gasteiger partial charge in [0.25, 0.3) is 0 Å². The molecule has 2 heterocycles. The minimum atomic E-state index is -0.168. The number of nitrogens with zero attached hydrogens (tertiary/aromatic N) is 3. The van der Waals surface area contributed by atoms with E-state index in [0.29, 0.717) is 18.3 Å². The van der Waals surface area contributed by atoms with Crippen molar-refractivity contribution in [1.82, 2.24) is 20.8 Å². The molecular weight excluding hydrogens is 505 g/mol. The van der Waals surface area contributed by atoms with Crippen molar-refractivity contribution >= 4 is 29.9 Å². The largest absolute Gasteiger partial charge is 0.487 e. The predicted molar refractivity (Wildman–Crippen MR) is 132 cm³/mol. The fourth-order valence-corrected chi connectivity index (χ4v) is 4.33. The Balaban J connectivity index is 0.00000272. The molecule has 1 spiro atoms. The molecule has 1 unspecified atom stereocenters. The van der Waals surface area contributed by atoms with Crippen molar-refractivity contribution in [2.45, 2.75) is 83.4 Å². The molecule has 4 rings (SSSR count). The summed E-state index contributed by atoms with van der Waals surface area (Å²) in [7, 11) is 0. The van der Waals surface area contributed by atoms with Gasteiger partial charge in [-0.25, -0.2) is 4.99 Å². The molecule has 8 heteroatoms. The Morgan fingerprint density at radius 2 is 1.97 bits per heavy atom. The Labute approximate surface area is 201 Å². The van der Waals surface area contributed by atoms with E-state index >= 15 is 0 Å². The zero-order chi connectivity index (χ0) is 21.2. The molecule has 1 atom stereocenters. The fraction of sp³-hybridized carbons (Fsp3) is 0.609. The van der Waals surface area contributed by atoms with E-state index in [-0.39, 0.29) is 41.0 Å². The first-order chi connectivity index (χ1) is 14.4. The van der Waals surface area contributed by atoms with Crippen LogP contribution in [0.3, 0.4) is 0 Å². The molecule has 1 aliphatic carbocycles. The van der Waals surface area contributed by atoms with Gasteiger partial charge in [-0.15, -0.1) is 24.0 Å². The lowest BCUT2D eigenvalue weighted by Gasteiger charge is -2.40. The van der Waals surface area contributed by atoms with Crippen LogP contribution in [0.1, 0.15) is 83.1 Å². The molecule has 0 bridgehead atoms. The van der Waals surface area contributed by atoms with Crippen molar-refractivity contribution in [3.63, 3.8) is 0 Å². The van der Waals surface area contributed by atoms with Gasteiger partial charge in [-0.1, -0.05) is 44.1 Å². The van der Waals surface area contributed by atoms with E-state index in [2.05, 4.69) is 66.7 Å². The number of nitrogens with one attached hydrogen (secondary N) is 2. The summed E-state index contributed by atoms with van der Waals surface area (Å²) >= 11 is 0. The summed E-state index contributed by atoms with van der Waals surface area (Å²) in [5.41, 5.74) is 0.966. The Morgan fingerprint density at radius 1 is 1.23 bits per heavy atom. The average molecular weight is 539 g/mol. The first kappa shape index (κ1) is 23.8. The molecule has 1 fully saturated rings. The lowest BCUT2D eigenvalue weighted by molar-refractivity contribution is 0.0396. The minimum absolute atomic E-state index is 0. The maximum absolute atomic E-state index is 6.48. The number of hydrogen-bond acceptors (Lipinski definition) is 5. The maximum Gasteiger partial charge on any atom is 0.232 e. The highest BCUT2D eigenvalue weighted by atomic mass is 127. The summed E-state index contributed by atoms with van der Waals surface area (Å²) in [5.74, 6) is 2.98. The third kappa shape index (κ3) is 5.51. The van der Waals surface area contributed by atoms with Crippen LogP contribution >= 0.6 is 24.0 Å². The smallest absolute Gasteiger partial charge is 0.232 e. The molecule has 0 amide bonds. The Kier molecular flexibility index (Phi) is 7.49. The van der Waals surface area contributed by atoms with Gasteiger partial charge in [0.1, 0.15) is 17.9 Å². The van der Waals surface area contributed by atoms with Gasteiger partial charge in [-0.3, -0.25) is 0 Å².